The quantitative estimate of drug-likeness (QED) is 0.0910. The van der Waals surface area contributed by atoms with Crippen LogP contribution in [-0.4, -0.2) is 110 Å². The molecular formula is C47H53N5O11. The smallest absolute Gasteiger partial charge is 0.410 e. The Labute approximate surface area is 366 Å². The maximum Gasteiger partial charge on any atom is 0.410 e. The molecule has 0 saturated heterocycles. The van der Waals surface area contributed by atoms with Crippen molar-refractivity contribution in [2.24, 2.45) is 0 Å². The first-order chi connectivity index (χ1) is 29.9. The first-order valence-electron chi connectivity index (χ1n) is 20.5. The fourth-order valence-electron chi connectivity index (χ4n) is 7.08. The van der Waals surface area contributed by atoms with Gasteiger partial charge in [0.15, 0.2) is 5.78 Å². The van der Waals surface area contributed by atoms with Crippen molar-refractivity contribution < 1.29 is 52.8 Å². The molecule has 2 N–H and O–H groups in total. The van der Waals surface area contributed by atoms with Gasteiger partial charge in [0, 0.05) is 36.8 Å². The standard InChI is InChI=1S/C47H53N5O11/c1-29-42(49-43(56)30(2)50(6)46(59)63-47(3,4)5)45(58)51(27-36-35-12-9-8-11-32(35)19-21-40(36)60-7)37-20-14-31(26-48)25-38(37)52(29)44(57)34-17-15-33(16-18-34)39(53)13-10-22-61-23-24-62-28-41(54)55/h8-9,11-12,14-21,25,29-30,42H,10,13,22-24,27-28H2,1-7H3,(H,49,56)(H,54,55)/t29-,30-,42-/m0/s1. The molecule has 5 rings (SSSR count). The predicted molar refractivity (Wildman–Crippen MR) is 234 cm³/mol. The van der Waals surface area contributed by atoms with Crippen molar-refractivity contribution in [3.8, 4) is 11.8 Å². The lowest BCUT2D eigenvalue weighted by atomic mass is 10.0. The number of rotatable bonds is 17. The van der Waals surface area contributed by atoms with Gasteiger partial charge < -0.3 is 39.2 Å². The molecule has 1 aliphatic rings. The van der Waals surface area contributed by atoms with E-state index in [9.17, 15) is 29.2 Å². The fourth-order valence-corrected chi connectivity index (χ4v) is 7.08. The van der Waals surface area contributed by atoms with E-state index in [1.54, 1.807) is 45.9 Å². The second-order valence-electron chi connectivity index (χ2n) is 16.0. The molecule has 0 bridgehead atoms. The number of benzene rings is 4. The molecular weight excluding hydrogens is 811 g/mol. The number of carbonyl (C=O) groups excluding carboxylic acids is 5. The molecule has 1 heterocycles. The van der Waals surface area contributed by atoms with Crippen LogP contribution < -0.4 is 19.9 Å². The maximum atomic E-state index is 15.2. The Kier molecular flexibility index (Phi) is 15.6. The number of likely N-dealkylation sites (N-methyl/N-ethyl adjacent to an activating group) is 1. The number of hydrogen-bond donors (Lipinski definition) is 2. The number of nitrogens with one attached hydrogen (secondary N) is 1. The number of anilines is 2. The van der Waals surface area contributed by atoms with Crippen molar-refractivity contribution in [1.82, 2.24) is 10.2 Å². The van der Waals surface area contributed by atoms with Gasteiger partial charge in [-0.25, -0.2) is 9.59 Å². The third kappa shape index (κ3) is 11.6. The van der Waals surface area contributed by atoms with Gasteiger partial charge in [0.25, 0.3) is 11.8 Å². The van der Waals surface area contributed by atoms with Crippen LogP contribution in [0.1, 0.15) is 79.3 Å². The molecule has 16 nitrogen and oxygen atoms in total. The number of methoxy groups -OCH3 is 1. The molecule has 0 radical (unpaired) electrons. The van der Waals surface area contributed by atoms with Crippen molar-refractivity contribution in [2.75, 3.05) is 50.4 Å². The number of carbonyl (C=O) groups is 6. The predicted octanol–water partition coefficient (Wildman–Crippen LogP) is 6.12. The number of ether oxygens (including phenoxy) is 4. The number of carboxylic acid groups (broad SMARTS) is 1. The summed E-state index contributed by atoms with van der Waals surface area (Å²) in [6, 6.07) is 20.6. The summed E-state index contributed by atoms with van der Waals surface area (Å²) in [7, 11) is 2.94. The third-order valence-corrected chi connectivity index (χ3v) is 10.5. The fraction of sp³-hybridized carbons (Fsp3) is 0.383. The van der Waals surface area contributed by atoms with E-state index in [4.69, 9.17) is 24.1 Å². The number of carboxylic acids is 1. The molecule has 1 aliphatic heterocycles. The van der Waals surface area contributed by atoms with E-state index in [0.717, 1.165) is 15.7 Å². The van der Waals surface area contributed by atoms with E-state index in [-0.39, 0.29) is 61.1 Å². The molecule has 0 aliphatic carbocycles. The molecule has 16 heteroatoms. The highest BCUT2D eigenvalue weighted by Gasteiger charge is 2.44. The van der Waals surface area contributed by atoms with E-state index in [0.29, 0.717) is 23.3 Å². The number of fused-ring (bicyclic) bond motifs is 2. The van der Waals surface area contributed by atoms with Gasteiger partial charge in [-0.1, -0.05) is 42.5 Å². The second-order valence-corrected chi connectivity index (χ2v) is 16.0. The van der Waals surface area contributed by atoms with Crippen molar-refractivity contribution in [1.29, 1.82) is 5.26 Å². The van der Waals surface area contributed by atoms with Crippen molar-refractivity contribution in [3.63, 3.8) is 0 Å². The van der Waals surface area contributed by atoms with Gasteiger partial charge in [-0.2, -0.15) is 5.26 Å². The highest BCUT2D eigenvalue weighted by molar-refractivity contribution is 6.14. The molecule has 3 atom stereocenters. The van der Waals surface area contributed by atoms with Crippen LogP contribution in [0, 0.1) is 11.3 Å². The lowest BCUT2D eigenvalue weighted by Gasteiger charge is -2.34. The first kappa shape index (κ1) is 47.2. The molecule has 332 valence electrons. The number of ketones is 1. The zero-order valence-electron chi connectivity index (χ0n) is 36.5. The molecule has 0 saturated carbocycles. The van der Waals surface area contributed by atoms with Crippen LogP contribution in [0.3, 0.4) is 0 Å². The van der Waals surface area contributed by atoms with Gasteiger partial charge in [-0.05, 0) is 88.2 Å². The van der Waals surface area contributed by atoms with Crippen molar-refractivity contribution in [2.45, 2.75) is 77.7 Å². The van der Waals surface area contributed by atoms with Crippen molar-refractivity contribution in [3.05, 3.63) is 101 Å². The monoisotopic (exact) mass is 863 g/mol. The van der Waals surface area contributed by atoms with Crippen LogP contribution >= 0.6 is 0 Å². The molecule has 4 amide bonds. The minimum absolute atomic E-state index is 0.0584. The summed E-state index contributed by atoms with van der Waals surface area (Å²) in [6.07, 6.45) is -0.200. The van der Waals surface area contributed by atoms with Crippen molar-refractivity contribution >= 4 is 57.7 Å². The SMILES string of the molecule is COc1ccc2ccccc2c1CN1C(=O)[C@@H](NC(=O)[C@H](C)N(C)C(=O)OC(C)(C)C)[C@H](C)N(C(=O)c2ccc(C(=O)CCCOCCOCC(=O)O)cc2)c2cc(C#N)ccc21. The Morgan fingerprint density at radius 1 is 0.921 bits per heavy atom. The summed E-state index contributed by atoms with van der Waals surface area (Å²) in [6.45, 7) is 8.28. The number of nitrogens with zero attached hydrogens (tertiary/aromatic N) is 4. The van der Waals surface area contributed by atoms with Crippen LogP contribution in [0.15, 0.2) is 78.9 Å². The van der Waals surface area contributed by atoms with E-state index in [1.807, 2.05) is 30.3 Å². The maximum absolute atomic E-state index is 15.2. The molecule has 63 heavy (non-hydrogen) atoms. The average molecular weight is 864 g/mol. The second kappa shape index (κ2) is 20.8. The highest BCUT2D eigenvalue weighted by Crippen LogP contribution is 2.40. The van der Waals surface area contributed by atoms with Crippen LogP contribution in [0.2, 0.25) is 0 Å². The van der Waals surface area contributed by atoms with Gasteiger partial charge in [0.1, 0.15) is 30.0 Å². The lowest BCUT2D eigenvalue weighted by molar-refractivity contribution is -0.142. The molecule has 0 aromatic heterocycles. The minimum Gasteiger partial charge on any atom is -0.496 e. The van der Waals surface area contributed by atoms with Gasteiger partial charge >= 0.3 is 12.1 Å². The summed E-state index contributed by atoms with van der Waals surface area (Å²) in [4.78, 5) is 84.8. The normalized spacial score (nSPS) is 15.4. The molecule has 0 fully saturated rings. The average Bonchev–Trinajstić information content (AvgIpc) is 3.33. The van der Waals surface area contributed by atoms with Crippen LogP contribution in [0.4, 0.5) is 16.2 Å². The van der Waals surface area contributed by atoms with E-state index in [2.05, 4.69) is 11.4 Å². The number of aliphatic carboxylic acids is 1. The topological polar surface area (TPSA) is 205 Å². The van der Waals surface area contributed by atoms with E-state index in [1.165, 1.54) is 61.2 Å². The van der Waals surface area contributed by atoms with Gasteiger partial charge in [-0.15, -0.1) is 0 Å². The molecule has 4 aromatic rings. The Morgan fingerprint density at radius 2 is 1.60 bits per heavy atom. The first-order valence-corrected chi connectivity index (χ1v) is 20.5. The Balaban J connectivity index is 1.51. The summed E-state index contributed by atoms with van der Waals surface area (Å²) < 4.78 is 21.6. The number of Topliss-reactive ketones (excluding diaryl/α,β-unsaturated/α-hetero) is 1. The molecule has 0 spiro atoms. The molecule has 4 aromatic carbocycles. The minimum atomic E-state index is -1.39. The van der Waals surface area contributed by atoms with Gasteiger partial charge in [0.2, 0.25) is 5.91 Å². The lowest BCUT2D eigenvalue weighted by Crippen LogP contribution is -2.60. The number of nitriles is 1. The van der Waals surface area contributed by atoms with E-state index >= 15 is 4.79 Å². The highest BCUT2D eigenvalue weighted by atomic mass is 16.6. The Bertz CT molecular complexity index is 2390. The summed E-state index contributed by atoms with van der Waals surface area (Å²) in [5.74, 6) is -2.60. The van der Waals surface area contributed by atoms with Crippen LogP contribution in [0.5, 0.6) is 5.75 Å². The Morgan fingerprint density at radius 3 is 2.27 bits per heavy atom. The summed E-state index contributed by atoms with van der Waals surface area (Å²) >= 11 is 0. The third-order valence-electron chi connectivity index (χ3n) is 10.5. The van der Waals surface area contributed by atoms with Gasteiger partial charge in [-0.3, -0.25) is 24.1 Å². The summed E-state index contributed by atoms with van der Waals surface area (Å²) in [5, 5.41) is 23.3. The number of amides is 4. The summed E-state index contributed by atoms with van der Waals surface area (Å²) in [5.41, 5.74) is 1.06. The number of hydrogen-bond acceptors (Lipinski definition) is 11. The van der Waals surface area contributed by atoms with E-state index < -0.39 is 60.1 Å². The van der Waals surface area contributed by atoms with Gasteiger partial charge in [0.05, 0.1) is 55.9 Å². The Hall–Kier alpha value is -6.83. The van der Waals surface area contributed by atoms with Crippen LogP contribution in [-0.2, 0) is 35.1 Å². The zero-order chi connectivity index (χ0) is 46.0. The zero-order valence-corrected chi connectivity index (χ0v) is 36.5. The largest absolute Gasteiger partial charge is 0.496 e. The molecule has 0 unspecified atom stereocenters. The van der Waals surface area contributed by atoms with Crippen LogP contribution in [0.25, 0.3) is 10.8 Å².